The fourth-order valence-corrected chi connectivity index (χ4v) is 4.21. The summed E-state index contributed by atoms with van der Waals surface area (Å²) in [5.74, 6) is -0.245. The van der Waals surface area contributed by atoms with Gasteiger partial charge < -0.3 is 10.1 Å². The Hall–Kier alpha value is -2.39. The average Bonchev–Trinajstić information content (AvgIpc) is 3.34. The standard InChI is InChI=1S/C18H20N4O4S/c23-15(21-8-7-19-17(21)25)11-27-18-20-14-6-2-1-5-13(14)16(24)22(18)10-12-4-3-9-26-12/h1-2,5-6,12H,3-4,7-11H2,(H,19,25). The average molecular weight is 388 g/mol. The highest BCUT2D eigenvalue weighted by Crippen LogP contribution is 2.21. The van der Waals surface area contributed by atoms with Crippen molar-refractivity contribution in [2.45, 2.75) is 30.6 Å². The Morgan fingerprint density at radius 1 is 1.33 bits per heavy atom. The van der Waals surface area contributed by atoms with Crippen LogP contribution < -0.4 is 10.9 Å². The third-order valence-electron chi connectivity index (χ3n) is 4.72. The topological polar surface area (TPSA) is 93.5 Å². The Kier molecular flexibility index (Phi) is 5.13. The highest BCUT2D eigenvalue weighted by Gasteiger charge is 2.27. The van der Waals surface area contributed by atoms with Crippen LogP contribution in [-0.2, 0) is 16.1 Å². The maximum atomic E-state index is 13.0. The Morgan fingerprint density at radius 3 is 2.93 bits per heavy atom. The minimum atomic E-state index is -0.371. The van der Waals surface area contributed by atoms with Crippen LogP contribution in [0.1, 0.15) is 12.8 Å². The molecule has 2 aliphatic heterocycles. The van der Waals surface area contributed by atoms with E-state index in [4.69, 9.17) is 4.74 Å². The van der Waals surface area contributed by atoms with Gasteiger partial charge in [0.05, 0.1) is 29.3 Å². The number of amides is 3. The number of nitrogens with zero attached hydrogens (tertiary/aromatic N) is 3. The van der Waals surface area contributed by atoms with Gasteiger partial charge in [-0.1, -0.05) is 23.9 Å². The molecule has 27 heavy (non-hydrogen) atoms. The molecular weight excluding hydrogens is 368 g/mol. The molecule has 3 amide bonds. The van der Waals surface area contributed by atoms with Gasteiger partial charge in [0.25, 0.3) is 5.56 Å². The molecule has 2 aliphatic rings. The van der Waals surface area contributed by atoms with Crippen molar-refractivity contribution in [3.63, 3.8) is 0 Å². The molecule has 1 atom stereocenters. The number of thioether (sulfide) groups is 1. The van der Waals surface area contributed by atoms with Gasteiger partial charge in [-0.15, -0.1) is 0 Å². The molecule has 0 saturated carbocycles. The van der Waals surface area contributed by atoms with Gasteiger partial charge in [-0.3, -0.25) is 19.1 Å². The fraction of sp³-hybridized carbons (Fsp3) is 0.444. The van der Waals surface area contributed by atoms with Crippen molar-refractivity contribution in [1.29, 1.82) is 0 Å². The molecule has 0 radical (unpaired) electrons. The second-order valence-corrected chi connectivity index (χ2v) is 7.47. The molecule has 0 aliphatic carbocycles. The zero-order valence-corrected chi connectivity index (χ0v) is 15.5. The lowest BCUT2D eigenvalue weighted by Gasteiger charge is -2.17. The van der Waals surface area contributed by atoms with Gasteiger partial charge in [0, 0.05) is 19.7 Å². The molecule has 8 nitrogen and oxygen atoms in total. The van der Waals surface area contributed by atoms with E-state index in [0.717, 1.165) is 12.8 Å². The molecule has 0 bridgehead atoms. The van der Waals surface area contributed by atoms with Gasteiger partial charge in [-0.05, 0) is 25.0 Å². The van der Waals surface area contributed by atoms with Crippen molar-refractivity contribution in [3.8, 4) is 0 Å². The van der Waals surface area contributed by atoms with Gasteiger partial charge in [-0.25, -0.2) is 9.78 Å². The predicted molar refractivity (Wildman–Crippen MR) is 101 cm³/mol. The summed E-state index contributed by atoms with van der Waals surface area (Å²) in [5.41, 5.74) is 0.463. The highest BCUT2D eigenvalue weighted by molar-refractivity contribution is 7.99. The van der Waals surface area contributed by atoms with Crippen molar-refractivity contribution in [3.05, 3.63) is 34.6 Å². The molecule has 2 aromatic rings. The third kappa shape index (κ3) is 3.70. The number of nitrogens with one attached hydrogen (secondary N) is 1. The number of urea groups is 1. The van der Waals surface area contributed by atoms with Gasteiger partial charge in [0.15, 0.2) is 5.16 Å². The minimum absolute atomic E-state index is 0.0231. The van der Waals surface area contributed by atoms with Crippen LogP contribution in [0, 0.1) is 0 Å². The van der Waals surface area contributed by atoms with Gasteiger partial charge in [-0.2, -0.15) is 0 Å². The van der Waals surface area contributed by atoms with Gasteiger partial charge >= 0.3 is 6.03 Å². The molecule has 1 aromatic carbocycles. The summed E-state index contributed by atoms with van der Waals surface area (Å²) in [6.07, 6.45) is 1.85. The van der Waals surface area contributed by atoms with E-state index in [9.17, 15) is 14.4 Å². The molecular formula is C18H20N4O4S. The summed E-state index contributed by atoms with van der Waals surface area (Å²) in [7, 11) is 0. The van der Waals surface area contributed by atoms with Crippen LogP contribution in [-0.4, -0.2) is 57.9 Å². The van der Waals surface area contributed by atoms with E-state index in [1.807, 2.05) is 12.1 Å². The number of aromatic nitrogens is 2. The molecule has 4 rings (SSSR count). The van der Waals surface area contributed by atoms with Crippen LogP contribution >= 0.6 is 11.8 Å². The first-order valence-corrected chi connectivity index (χ1v) is 9.94. The molecule has 2 fully saturated rings. The van der Waals surface area contributed by atoms with Gasteiger partial charge in [0.2, 0.25) is 5.91 Å². The first-order valence-electron chi connectivity index (χ1n) is 8.95. The third-order valence-corrected chi connectivity index (χ3v) is 5.68. The number of para-hydroxylation sites is 1. The highest BCUT2D eigenvalue weighted by atomic mass is 32.2. The first kappa shape index (κ1) is 18.0. The zero-order chi connectivity index (χ0) is 18.8. The minimum Gasteiger partial charge on any atom is -0.376 e. The van der Waals surface area contributed by atoms with Gasteiger partial charge in [0.1, 0.15) is 0 Å². The van der Waals surface area contributed by atoms with E-state index in [1.165, 1.54) is 16.7 Å². The van der Waals surface area contributed by atoms with Crippen LogP contribution in [0.3, 0.4) is 0 Å². The van der Waals surface area contributed by atoms with Crippen molar-refractivity contribution >= 4 is 34.6 Å². The predicted octanol–water partition coefficient (Wildman–Crippen LogP) is 1.22. The SMILES string of the molecule is O=C(CSc1nc2ccccc2c(=O)n1CC1CCCO1)N1CCNC1=O. The quantitative estimate of drug-likeness (QED) is 0.611. The lowest BCUT2D eigenvalue weighted by molar-refractivity contribution is -0.124. The van der Waals surface area contributed by atoms with Crippen LogP contribution in [0.2, 0.25) is 0 Å². The Morgan fingerprint density at radius 2 is 2.19 bits per heavy atom. The lowest BCUT2D eigenvalue weighted by atomic mass is 10.2. The van der Waals surface area contributed by atoms with Crippen LogP contribution in [0.15, 0.2) is 34.2 Å². The molecule has 2 saturated heterocycles. The number of carbonyl (C=O) groups is 2. The Balaban J connectivity index is 1.62. The number of carbonyl (C=O) groups excluding carboxylic acids is 2. The number of hydrogen-bond donors (Lipinski definition) is 1. The second kappa shape index (κ2) is 7.69. The number of rotatable bonds is 5. The van der Waals surface area contributed by atoms with Crippen molar-refractivity contribution in [2.75, 3.05) is 25.4 Å². The molecule has 0 spiro atoms. The summed E-state index contributed by atoms with van der Waals surface area (Å²) in [5, 5.41) is 3.63. The second-order valence-electron chi connectivity index (χ2n) is 6.53. The number of hydrogen-bond acceptors (Lipinski definition) is 6. The zero-order valence-electron chi connectivity index (χ0n) is 14.7. The molecule has 9 heteroatoms. The van der Waals surface area contributed by atoms with E-state index in [0.29, 0.717) is 42.3 Å². The van der Waals surface area contributed by atoms with Crippen molar-refractivity contribution in [1.82, 2.24) is 19.8 Å². The summed E-state index contributed by atoms with van der Waals surface area (Å²) in [6.45, 7) is 1.95. The number of ether oxygens (including phenoxy) is 1. The first-order chi connectivity index (χ1) is 13.1. The Bertz CT molecular complexity index is 939. The summed E-state index contributed by atoms with van der Waals surface area (Å²) >= 11 is 1.18. The summed E-state index contributed by atoms with van der Waals surface area (Å²) < 4.78 is 7.27. The molecule has 142 valence electrons. The fourth-order valence-electron chi connectivity index (χ4n) is 3.32. The number of fused-ring (bicyclic) bond motifs is 1. The maximum absolute atomic E-state index is 13.0. The summed E-state index contributed by atoms with van der Waals surface area (Å²) in [4.78, 5) is 42.8. The smallest absolute Gasteiger partial charge is 0.324 e. The molecule has 1 unspecified atom stereocenters. The Labute approximate surface area is 159 Å². The van der Waals surface area contributed by atoms with Crippen molar-refractivity contribution in [2.24, 2.45) is 0 Å². The van der Waals surface area contributed by atoms with Crippen molar-refractivity contribution < 1.29 is 14.3 Å². The lowest BCUT2D eigenvalue weighted by Crippen LogP contribution is -2.35. The molecule has 1 aromatic heterocycles. The monoisotopic (exact) mass is 388 g/mol. The number of imide groups is 1. The van der Waals surface area contributed by atoms with E-state index >= 15 is 0 Å². The van der Waals surface area contributed by atoms with E-state index < -0.39 is 0 Å². The molecule has 3 heterocycles. The van der Waals surface area contributed by atoms with Crippen LogP contribution in [0.25, 0.3) is 10.9 Å². The normalized spacial score (nSPS) is 19.6. The summed E-state index contributed by atoms with van der Waals surface area (Å²) in [6, 6.07) is 6.80. The van der Waals surface area contributed by atoms with Crippen LogP contribution in [0.5, 0.6) is 0 Å². The van der Waals surface area contributed by atoms with E-state index in [1.54, 1.807) is 16.7 Å². The van der Waals surface area contributed by atoms with E-state index in [-0.39, 0.29) is 29.4 Å². The molecule has 1 N–H and O–H groups in total. The van der Waals surface area contributed by atoms with E-state index in [2.05, 4.69) is 10.3 Å². The van der Waals surface area contributed by atoms with Crippen LogP contribution in [0.4, 0.5) is 4.79 Å². The maximum Gasteiger partial charge on any atom is 0.324 e. The largest absolute Gasteiger partial charge is 0.376 e. The number of benzene rings is 1.